The quantitative estimate of drug-likeness (QED) is 0.728. The van der Waals surface area contributed by atoms with Crippen molar-refractivity contribution in [2.24, 2.45) is 5.92 Å². The van der Waals surface area contributed by atoms with E-state index < -0.39 is 6.10 Å². The molecule has 0 bridgehead atoms. The molecule has 0 aromatic heterocycles. The first-order valence-corrected chi connectivity index (χ1v) is 8.05. The largest absolute Gasteiger partial charge is 0.389 e. The van der Waals surface area contributed by atoms with Crippen LogP contribution in [0.4, 0.5) is 0 Å². The second-order valence-corrected chi connectivity index (χ2v) is 6.49. The van der Waals surface area contributed by atoms with Crippen LogP contribution in [0.1, 0.15) is 45.7 Å². The fourth-order valence-corrected chi connectivity index (χ4v) is 2.61. The Balaban J connectivity index is 2.29. The Morgan fingerprint density at radius 3 is 2.48 bits per heavy atom. The van der Waals surface area contributed by atoms with Crippen LogP contribution in [0.25, 0.3) is 0 Å². The van der Waals surface area contributed by atoms with E-state index in [2.05, 4.69) is 19.2 Å². The lowest BCUT2D eigenvalue weighted by atomic mass is 10.1. The van der Waals surface area contributed by atoms with E-state index in [1.807, 2.05) is 38.1 Å². The van der Waals surface area contributed by atoms with Crippen LogP contribution in [0.5, 0.6) is 0 Å². The van der Waals surface area contributed by atoms with E-state index in [4.69, 9.17) is 16.3 Å². The smallest absolute Gasteiger partial charge is 0.0898 e. The van der Waals surface area contributed by atoms with E-state index in [9.17, 15) is 5.11 Å². The van der Waals surface area contributed by atoms with Crippen molar-refractivity contribution in [3.05, 3.63) is 34.9 Å². The van der Waals surface area contributed by atoms with Crippen LogP contribution in [0, 0.1) is 5.92 Å². The highest BCUT2D eigenvalue weighted by Crippen LogP contribution is 2.21. The van der Waals surface area contributed by atoms with Crippen molar-refractivity contribution >= 4 is 11.6 Å². The first kappa shape index (κ1) is 18.4. The maximum absolute atomic E-state index is 9.98. The molecule has 1 aromatic carbocycles. The normalized spacial score (nSPS) is 16.0. The fourth-order valence-electron chi connectivity index (χ4n) is 2.32. The van der Waals surface area contributed by atoms with Crippen LogP contribution >= 0.6 is 11.6 Å². The summed E-state index contributed by atoms with van der Waals surface area (Å²) in [6.45, 7) is 9.27. The van der Waals surface area contributed by atoms with Gasteiger partial charge in [-0.15, -0.1) is 0 Å². The third-order valence-electron chi connectivity index (χ3n) is 3.41. The van der Waals surface area contributed by atoms with Crippen LogP contribution in [-0.4, -0.2) is 30.5 Å². The highest BCUT2D eigenvalue weighted by Gasteiger charge is 2.13. The number of hydrogen-bond acceptors (Lipinski definition) is 3. The summed E-state index contributed by atoms with van der Waals surface area (Å²) in [6, 6.07) is 7.85. The van der Waals surface area contributed by atoms with Gasteiger partial charge in [-0.25, -0.2) is 0 Å². The number of benzene rings is 1. The van der Waals surface area contributed by atoms with E-state index in [0.717, 1.165) is 17.0 Å². The highest BCUT2D eigenvalue weighted by atomic mass is 35.5. The average Bonchev–Trinajstić information content (AvgIpc) is 2.42. The zero-order valence-electron chi connectivity index (χ0n) is 13.5. The molecule has 3 nitrogen and oxygen atoms in total. The number of hydrogen-bond donors (Lipinski definition) is 2. The molecular weight excluding hydrogens is 286 g/mol. The van der Waals surface area contributed by atoms with Gasteiger partial charge in [-0.1, -0.05) is 43.6 Å². The Hall–Kier alpha value is -0.610. The summed E-state index contributed by atoms with van der Waals surface area (Å²) in [5.41, 5.74) is 1.04. The minimum atomic E-state index is -0.510. The molecule has 1 rings (SSSR count). The van der Waals surface area contributed by atoms with E-state index in [-0.39, 0.29) is 12.1 Å². The lowest BCUT2D eigenvalue weighted by molar-refractivity contribution is -0.00914. The van der Waals surface area contributed by atoms with Crippen LogP contribution in [0.15, 0.2) is 24.3 Å². The number of halogens is 1. The predicted molar refractivity (Wildman–Crippen MR) is 88.7 cm³/mol. The third kappa shape index (κ3) is 7.28. The molecule has 2 unspecified atom stereocenters. The Kier molecular flexibility index (Phi) is 8.27. The molecule has 0 fully saturated rings. The average molecular weight is 314 g/mol. The minimum Gasteiger partial charge on any atom is -0.389 e. The van der Waals surface area contributed by atoms with Gasteiger partial charge in [0.1, 0.15) is 0 Å². The maximum Gasteiger partial charge on any atom is 0.0898 e. The molecule has 0 aliphatic carbocycles. The number of aliphatic hydroxyl groups excluding tert-OH is 1. The predicted octanol–water partition coefficient (Wildman–Crippen LogP) is 3.80. The first-order valence-electron chi connectivity index (χ1n) is 7.67. The monoisotopic (exact) mass is 313 g/mol. The van der Waals surface area contributed by atoms with Crippen molar-refractivity contribution in [3.63, 3.8) is 0 Å². The molecule has 0 spiro atoms. The molecule has 21 heavy (non-hydrogen) atoms. The standard InChI is InChI=1S/C17H28ClNO2/c1-12(2)9-13(3)21-11-15(20)10-19-14(4)16-7-5-6-8-17(16)18/h5-8,12-15,19-20H,9-11H2,1-4H3/t13?,14-,15?/m0/s1. The third-order valence-corrected chi connectivity index (χ3v) is 3.75. The van der Waals surface area contributed by atoms with Gasteiger partial charge in [-0.3, -0.25) is 0 Å². The van der Waals surface area contributed by atoms with Crippen molar-refractivity contribution in [3.8, 4) is 0 Å². The Morgan fingerprint density at radius 1 is 1.19 bits per heavy atom. The summed E-state index contributed by atoms with van der Waals surface area (Å²) in [6.07, 6.45) is 0.682. The van der Waals surface area contributed by atoms with Gasteiger partial charge in [-0.2, -0.15) is 0 Å². The van der Waals surface area contributed by atoms with E-state index in [1.165, 1.54) is 0 Å². The number of aliphatic hydroxyl groups is 1. The van der Waals surface area contributed by atoms with Crippen LogP contribution < -0.4 is 5.32 Å². The zero-order valence-corrected chi connectivity index (χ0v) is 14.2. The van der Waals surface area contributed by atoms with E-state index in [0.29, 0.717) is 19.1 Å². The summed E-state index contributed by atoms with van der Waals surface area (Å²) < 4.78 is 5.66. The van der Waals surface area contributed by atoms with Gasteiger partial charge in [0.2, 0.25) is 0 Å². The Labute approximate surface area is 133 Å². The molecule has 0 aliphatic rings. The van der Waals surface area contributed by atoms with Gasteiger partial charge in [-0.05, 0) is 37.8 Å². The van der Waals surface area contributed by atoms with Crippen molar-refractivity contribution < 1.29 is 9.84 Å². The molecule has 1 aromatic rings. The van der Waals surface area contributed by atoms with Crippen LogP contribution in [0.2, 0.25) is 5.02 Å². The van der Waals surface area contributed by atoms with E-state index >= 15 is 0 Å². The van der Waals surface area contributed by atoms with Crippen molar-refractivity contribution in [1.29, 1.82) is 0 Å². The second kappa shape index (κ2) is 9.42. The molecule has 4 heteroatoms. The van der Waals surface area contributed by atoms with Gasteiger partial charge >= 0.3 is 0 Å². The molecule has 0 saturated heterocycles. The molecule has 0 amide bonds. The summed E-state index contributed by atoms with van der Waals surface area (Å²) in [7, 11) is 0. The molecule has 0 heterocycles. The molecule has 120 valence electrons. The molecule has 0 radical (unpaired) electrons. The number of rotatable bonds is 9. The van der Waals surface area contributed by atoms with Crippen LogP contribution in [-0.2, 0) is 4.74 Å². The van der Waals surface area contributed by atoms with Gasteiger partial charge in [0.15, 0.2) is 0 Å². The second-order valence-electron chi connectivity index (χ2n) is 6.08. The van der Waals surface area contributed by atoms with Crippen molar-refractivity contribution in [1.82, 2.24) is 5.32 Å². The number of ether oxygens (including phenoxy) is 1. The molecular formula is C17H28ClNO2. The maximum atomic E-state index is 9.98. The molecule has 2 N–H and O–H groups in total. The summed E-state index contributed by atoms with van der Waals surface area (Å²) >= 11 is 6.16. The summed E-state index contributed by atoms with van der Waals surface area (Å²) in [5, 5.41) is 14.0. The van der Waals surface area contributed by atoms with Crippen molar-refractivity contribution in [2.75, 3.05) is 13.2 Å². The molecule has 3 atom stereocenters. The minimum absolute atomic E-state index is 0.0986. The SMILES string of the molecule is CC(C)CC(C)OCC(O)CN[C@@H](C)c1ccccc1Cl. The zero-order chi connectivity index (χ0) is 15.8. The van der Waals surface area contributed by atoms with Gasteiger partial charge in [0, 0.05) is 17.6 Å². The lowest BCUT2D eigenvalue weighted by Gasteiger charge is -2.20. The van der Waals surface area contributed by atoms with Gasteiger partial charge < -0.3 is 15.2 Å². The molecule has 0 saturated carbocycles. The van der Waals surface area contributed by atoms with Gasteiger partial charge in [0.25, 0.3) is 0 Å². The Morgan fingerprint density at radius 2 is 1.86 bits per heavy atom. The molecule has 0 aliphatic heterocycles. The summed E-state index contributed by atoms with van der Waals surface area (Å²) in [5.74, 6) is 0.607. The van der Waals surface area contributed by atoms with Crippen LogP contribution in [0.3, 0.4) is 0 Å². The van der Waals surface area contributed by atoms with Crippen molar-refractivity contribution in [2.45, 2.75) is 52.4 Å². The highest BCUT2D eigenvalue weighted by molar-refractivity contribution is 6.31. The fraction of sp³-hybridized carbons (Fsp3) is 0.647. The van der Waals surface area contributed by atoms with Gasteiger partial charge in [0.05, 0.1) is 18.8 Å². The lowest BCUT2D eigenvalue weighted by Crippen LogP contribution is -2.33. The topological polar surface area (TPSA) is 41.5 Å². The Bertz CT molecular complexity index is 412. The van der Waals surface area contributed by atoms with E-state index in [1.54, 1.807) is 0 Å². The summed E-state index contributed by atoms with van der Waals surface area (Å²) in [4.78, 5) is 0. The first-order chi connectivity index (χ1) is 9.90. The number of nitrogens with one attached hydrogen (secondary N) is 1.